The zero-order valence-electron chi connectivity index (χ0n) is 18.0. The van der Waals surface area contributed by atoms with Crippen LogP contribution >= 0.6 is 24.0 Å². The molecule has 0 saturated heterocycles. The van der Waals surface area contributed by atoms with E-state index in [2.05, 4.69) is 0 Å². The Morgan fingerprint density at radius 1 is 1.06 bits per heavy atom. The molecule has 0 saturated carbocycles. The fourth-order valence-electron chi connectivity index (χ4n) is 3.46. The van der Waals surface area contributed by atoms with Gasteiger partial charge in [0.05, 0.1) is 20.8 Å². The molecule has 1 atom stereocenters. The van der Waals surface area contributed by atoms with Crippen LogP contribution in [-0.4, -0.2) is 35.7 Å². The number of hydrogen-bond donors (Lipinski definition) is 0. The summed E-state index contributed by atoms with van der Waals surface area (Å²) in [6.07, 6.45) is 0. The number of thiocarbonyl (C=S) groups is 1. The molecule has 0 aliphatic carbocycles. The van der Waals surface area contributed by atoms with Crippen LogP contribution in [0.1, 0.15) is 29.6 Å². The van der Waals surface area contributed by atoms with Gasteiger partial charge in [0.25, 0.3) is 5.69 Å². The molecule has 0 N–H and O–H groups in total. The van der Waals surface area contributed by atoms with Gasteiger partial charge in [-0.25, -0.2) is 8.42 Å². The van der Waals surface area contributed by atoms with E-state index in [9.17, 15) is 18.5 Å². The second kappa shape index (κ2) is 9.97. The summed E-state index contributed by atoms with van der Waals surface area (Å²) in [6, 6.07) is 16.6. The lowest BCUT2D eigenvalue weighted by Gasteiger charge is -2.25. The summed E-state index contributed by atoms with van der Waals surface area (Å²) in [5.74, 6) is 0. The summed E-state index contributed by atoms with van der Waals surface area (Å²) >= 11 is 6.52. The fourth-order valence-corrected chi connectivity index (χ4v) is 7.50. The maximum Gasteiger partial charge on any atom is 0.282 e. The third kappa shape index (κ3) is 4.79. The van der Waals surface area contributed by atoms with E-state index < -0.39 is 19.3 Å². The Bertz CT molecular complexity index is 1250. The molecule has 3 aromatic carbocycles. The van der Waals surface area contributed by atoms with Gasteiger partial charge in [0.2, 0.25) is 0 Å². The average molecular weight is 489 g/mol. The molecule has 3 aromatic rings. The first-order valence-electron chi connectivity index (χ1n) is 10.1. The van der Waals surface area contributed by atoms with E-state index in [-0.39, 0.29) is 16.1 Å². The molecule has 0 heterocycles. The van der Waals surface area contributed by atoms with E-state index in [0.717, 1.165) is 17.3 Å². The molecule has 9 heteroatoms. The fraction of sp³-hybridized carbons (Fsp3) is 0.261. The summed E-state index contributed by atoms with van der Waals surface area (Å²) < 4.78 is 26.7. The van der Waals surface area contributed by atoms with Gasteiger partial charge in [-0.2, -0.15) is 0 Å². The number of rotatable bonds is 7. The molecule has 0 spiro atoms. The summed E-state index contributed by atoms with van der Waals surface area (Å²) in [4.78, 5) is 13.6. The van der Waals surface area contributed by atoms with Gasteiger partial charge in [-0.3, -0.25) is 10.1 Å². The van der Waals surface area contributed by atoms with Gasteiger partial charge in [0.15, 0.2) is 9.84 Å². The van der Waals surface area contributed by atoms with Gasteiger partial charge >= 0.3 is 0 Å². The lowest BCUT2D eigenvalue weighted by Crippen LogP contribution is -2.28. The first-order valence-corrected chi connectivity index (χ1v) is 13.0. The quantitative estimate of drug-likeness (QED) is 0.233. The third-order valence-corrected chi connectivity index (χ3v) is 9.50. The Morgan fingerprint density at radius 2 is 1.69 bits per heavy atom. The highest BCUT2D eigenvalue weighted by atomic mass is 32.3. The molecule has 0 bridgehead atoms. The van der Waals surface area contributed by atoms with Crippen LogP contribution in [0.5, 0.6) is 0 Å². The first kappa shape index (κ1) is 24.2. The maximum atomic E-state index is 13.8. The number of fused-ring (bicyclic) bond motifs is 1. The standard InChI is InChI=1S/C23H24N2O4S3/c1-4-24(5-2)23(30)31-22(32(28,29)18-13-10-16(3)11-14-18)20-15-12-17-8-6-7-9-19(17)21(20)25(26)27/h6-15,22H,4-5H2,1-3H3. The normalized spacial score (nSPS) is 12.5. The van der Waals surface area contributed by atoms with Crippen LogP contribution < -0.4 is 0 Å². The smallest absolute Gasteiger partial charge is 0.282 e. The van der Waals surface area contributed by atoms with Crippen LogP contribution in [0.3, 0.4) is 0 Å². The van der Waals surface area contributed by atoms with Gasteiger partial charge in [0, 0.05) is 13.1 Å². The van der Waals surface area contributed by atoms with Gasteiger partial charge in [0.1, 0.15) is 8.90 Å². The van der Waals surface area contributed by atoms with E-state index in [1.807, 2.05) is 25.7 Å². The largest absolute Gasteiger partial charge is 0.358 e. The van der Waals surface area contributed by atoms with Gasteiger partial charge in [-0.15, -0.1) is 0 Å². The highest BCUT2D eigenvalue weighted by molar-refractivity contribution is 8.28. The predicted molar refractivity (Wildman–Crippen MR) is 135 cm³/mol. The SMILES string of the molecule is CCN(CC)C(=S)SC(c1ccc2ccccc2c1[N+](=O)[O-])S(=O)(=O)c1ccc(C)cc1. The topological polar surface area (TPSA) is 80.5 Å². The third-order valence-electron chi connectivity index (χ3n) is 5.23. The van der Waals surface area contributed by atoms with Gasteiger partial charge in [-0.05, 0) is 50.4 Å². The summed E-state index contributed by atoms with van der Waals surface area (Å²) in [5, 5.41) is 13.2. The van der Waals surface area contributed by atoms with E-state index in [1.165, 1.54) is 18.2 Å². The van der Waals surface area contributed by atoms with Crippen LogP contribution in [-0.2, 0) is 9.84 Å². The molecule has 0 radical (unpaired) electrons. The number of nitro benzene ring substituents is 1. The van der Waals surface area contributed by atoms with Crippen LogP contribution in [0.25, 0.3) is 10.8 Å². The molecule has 0 aromatic heterocycles. The summed E-state index contributed by atoms with van der Waals surface area (Å²) in [5.41, 5.74) is 0.830. The van der Waals surface area contributed by atoms with Crippen molar-refractivity contribution in [2.75, 3.05) is 13.1 Å². The van der Waals surface area contributed by atoms with Crippen molar-refractivity contribution < 1.29 is 13.3 Å². The number of nitro groups is 1. The highest BCUT2D eigenvalue weighted by Crippen LogP contribution is 2.45. The molecular weight excluding hydrogens is 464 g/mol. The summed E-state index contributed by atoms with van der Waals surface area (Å²) in [6.45, 7) is 6.95. The minimum absolute atomic E-state index is 0.102. The Balaban J connectivity index is 2.25. The van der Waals surface area contributed by atoms with Crippen molar-refractivity contribution in [3.05, 3.63) is 81.9 Å². The van der Waals surface area contributed by atoms with E-state index in [1.54, 1.807) is 42.5 Å². The lowest BCUT2D eigenvalue weighted by atomic mass is 10.0. The molecule has 3 rings (SSSR count). The van der Waals surface area contributed by atoms with Crippen molar-refractivity contribution in [3.63, 3.8) is 0 Å². The minimum atomic E-state index is -4.00. The number of hydrogen-bond acceptors (Lipinski definition) is 6. The Labute approximate surface area is 197 Å². The zero-order valence-corrected chi connectivity index (χ0v) is 20.5. The monoisotopic (exact) mass is 488 g/mol. The number of sulfone groups is 1. The molecule has 6 nitrogen and oxygen atoms in total. The molecule has 1 unspecified atom stereocenters. The Kier molecular flexibility index (Phi) is 7.53. The highest BCUT2D eigenvalue weighted by Gasteiger charge is 2.37. The van der Waals surface area contributed by atoms with Crippen LogP contribution in [0, 0.1) is 17.0 Å². The van der Waals surface area contributed by atoms with Crippen molar-refractivity contribution in [2.24, 2.45) is 0 Å². The van der Waals surface area contributed by atoms with Gasteiger partial charge < -0.3 is 4.90 Å². The maximum absolute atomic E-state index is 13.8. The molecule has 32 heavy (non-hydrogen) atoms. The van der Waals surface area contributed by atoms with Crippen molar-refractivity contribution in [2.45, 2.75) is 30.2 Å². The molecule has 0 aliphatic rings. The summed E-state index contributed by atoms with van der Waals surface area (Å²) in [7, 11) is -4.00. The number of aryl methyl sites for hydroxylation is 1. The molecule has 0 fully saturated rings. The van der Waals surface area contributed by atoms with Crippen LogP contribution in [0.2, 0.25) is 0 Å². The Hall–Kier alpha value is -2.49. The van der Waals surface area contributed by atoms with Crippen LogP contribution in [0.15, 0.2) is 65.6 Å². The lowest BCUT2D eigenvalue weighted by molar-refractivity contribution is -0.383. The van der Waals surface area contributed by atoms with Crippen molar-refractivity contribution in [3.8, 4) is 0 Å². The van der Waals surface area contributed by atoms with E-state index >= 15 is 0 Å². The van der Waals surface area contributed by atoms with Crippen LogP contribution in [0.4, 0.5) is 5.69 Å². The second-order valence-corrected chi connectivity index (χ2v) is 11.3. The molecule has 168 valence electrons. The first-order chi connectivity index (χ1) is 15.2. The molecule has 0 aliphatic heterocycles. The van der Waals surface area contributed by atoms with E-state index in [0.29, 0.717) is 28.2 Å². The van der Waals surface area contributed by atoms with E-state index in [4.69, 9.17) is 12.2 Å². The number of nitrogens with zero attached hydrogens (tertiary/aromatic N) is 2. The molecular formula is C23H24N2O4S3. The minimum Gasteiger partial charge on any atom is -0.358 e. The molecule has 0 amide bonds. The van der Waals surface area contributed by atoms with Crippen molar-refractivity contribution in [1.29, 1.82) is 0 Å². The number of thioether (sulfide) groups is 1. The second-order valence-electron chi connectivity index (χ2n) is 7.23. The Morgan fingerprint density at radius 3 is 2.28 bits per heavy atom. The van der Waals surface area contributed by atoms with Gasteiger partial charge in [-0.1, -0.05) is 65.9 Å². The average Bonchev–Trinajstić information content (AvgIpc) is 2.77. The van der Waals surface area contributed by atoms with Crippen molar-refractivity contribution >= 4 is 54.6 Å². The zero-order chi connectivity index (χ0) is 23.5. The predicted octanol–water partition coefficient (Wildman–Crippen LogP) is 5.89. The number of benzene rings is 3. The van der Waals surface area contributed by atoms with Crippen molar-refractivity contribution in [1.82, 2.24) is 4.90 Å².